The molecule has 27 heavy (non-hydrogen) atoms. The van der Waals surface area contributed by atoms with Crippen LogP contribution in [0.2, 0.25) is 5.02 Å². The van der Waals surface area contributed by atoms with Crippen molar-refractivity contribution in [1.82, 2.24) is 9.55 Å². The Hall–Kier alpha value is -1.64. The highest BCUT2D eigenvalue weighted by Gasteiger charge is 2.34. The van der Waals surface area contributed by atoms with E-state index in [1.165, 1.54) is 17.4 Å². The molecular formula is C18H14ClF3N2OS2. The van der Waals surface area contributed by atoms with Crippen molar-refractivity contribution in [3.8, 4) is 5.69 Å². The van der Waals surface area contributed by atoms with Crippen LogP contribution in [-0.4, -0.2) is 9.55 Å². The molecule has 1 aromatic carbocycles. The molecule has 3 aromatic rings. The van der Waals surface area contributed by atoms with Gasteiger partial charge in [-0.2, -0.15) is 13.2 Å². The van der Waals surface area contributed by atoms with Crippen molar-refractivity contribution in [3.05, 3.63) is 54.4 Å². The molecule has 1 aliphatic carbocycles. The van der Waals surface area contributed by atoms with E-state index in [0.29, 0.717) is 16.1 Å². The number of alkyl halides is 3. The summed E-state index contributed by atoms with van der Waals surface area (Å²) in [6, 6.07) is 3.37. The molecule has 3 nitrogen and oxygen atoms in total. The highest BCUT2D eigenvalue weighted by atomic mass is 35.5. The van der Waals surface area contributed by atoms with Crippen LogP contribution in [-0.2, 0) is 19.0 Å². The van der Waals surface area contributed by atoms with E-state index >= 15 is 0 Å². The van der Waals surface area contributed by atoms with Crippen molar-refractivity contribution in [2.45, 2.75) is 32.4 Å². The zero-order valence-corrected chi connectivity index (χ0v) is 16.5. The summed E-state index contributed by atoms with van der Waals surface area (Å²) in [5.74, 6) is 0.543. The monoisotopic (exact) mass is 430 g/mol. The van der Waals surface area contributed by atoms with Gasteiger partial charge in [-0.3, -0.25) is 9.36 Å². The SMILES string of the molecule is CC1CCc2c(sc3[nH]c(=S)n(-c4ccc(Cl)c(C(F)(F)F)c4)c(=O)c23)C1. The molecule has 0 saturated heterocycles. The minimum absolute atomic E-state index is 0.0454. The van der Waals surface area contributed by atoms with Crippen molar-refractivity contribution in [2.75, 3.05) is 0 Å². The van der Waals surface area contributed by atoms with E-state index < -0.39 is 22.3 Å². The maximum Gasteiger partial charge on any atom is 0.417 e. The van der Waals surface area contributed by atoms with E-state index in [1.807, 2.05) is 0 Å². The zero-order valence-electron chi connectivity index (χ0n) is 14.1. The summed E-state index contributed by atoms with van der Waals surface area (Å²) in [6.45, 7) is 2.17. The molecule has 0 spiro atoms. The molecule has 0 amide bonds. The predicted molar refractivity (Wildman–Crippen MR) is 104 cm³/mol. The van der Waals surface area contributed by atoms with Gasteiger partial charge in [-0.05, 0) is 61.2 Å². The number of rotatable bonds is 1. The summed E-state index contributed by atoms with van der Waals surface area (Å²) in [6.07, 6.45) is -1.96. The summed E-state index contributed by atoms with van der Waals surface area (Å²) >= 11 is 12.5. The first kappa shape index (κ1) is 18.7. The Labute approximate surface area is 166 Å². The number of hydrogen-bond acceptors (Lipinski definition) is 3. The van der Waals surface area contributed by atoms with Gasteiger partial charge in [0.05, 0.1) is 21.7 Å². The molecule has 1 unspecified atom stereocenters. The van der Waals surface area contributed by atoms with Crippen molar-refractivity contribution >= 4 is 45.4 Å². The molecule has 9 heteroatoms. The van der Waals surface area contributed by atoms with Crippen LogP contribution in [0.25, 0.3) is 15.9 Å². The standard InChI is InChI=1S/C18H14ClF3N2OS2/c1-8-2-4-10-13(6-8)27-15-14(10)16(25)24(17(26)23-15)9-3-5-12(19)11(7-9)18(20,21)22/h3,5,7-8H,2,4,6H2,1H3,(H,23,26). The molecule has 4 rings (SSSR count). The largest absolute Gasteiger partial charge is 0.417 e. The van der Waals surface area contributed by atoms with E-state index in [2.05, 4.69) is 11.9 Å². The van der Waals surface area contributed by atoms with Gasteiger partial charge in [0.15, 0.2) is 4.77 Å². The lowest BCUT2D eigenvalue weighted by molar-refractivity contribution is -0.137. The number of benzene rings is 1. The number of thiophene rings is 1. The van der Waals surface area contributed by atoms with Gasteiger partial charge in [0.1, 0.15) is 4.83 Å². The van der Waals surface area contributed by atoms with Gasteiger partial charge in [-0.25, -0.2) is 0 Å². The van der Waals surface area contributed by atoms with E-state index in [1.54, 1.807) is 0 Å². The Kier molecular flexibility index (Phi) is 4.48. The third-order valence-corrected chi connectivity index (χ3v) is 6.65. The van der Waals surface area contributed by atoms with E-state index in [0.717, 1.165) is 46.4 Å². The van der Waals surface area contributed by atoms with E-state index in [9.17, 15) is 18.0 Å². The smallest absolute Gasteiger partial charge is 0.323 e. The Bertz CT molecular complexity index is 1180. The second-order valence-electron chi connectivity index (χ2n) is 6.79. The Balaban J connectivity index is 1.99. The summed E-state index contributed by atoms with van der Waals surface area (Å²) in [4.78, 5) is 18.0. The summed E-state index contributed by atoms with van der Waals surface area (Å²) in [7, 11) is 0. The van der Waals surface area contributed by atoms with Crippen LogP contribution in [0.4, 0.5) is 13.2 Å². The minimum Gasteiger partial charge on any atom is -0.323 e. The normalized spacial score (nSPS) is 17.3. The molecule has 0 radical (unpaired) electrons. The first-order valence-electron chi connectivity index (χ1n) is 8.33. The Morgan fingerprint density at radius 2 is 2.11 bits per heavy atom. The molecular weight excluding hydrogens is 417 g/mol. The minimum atomic E-state index is -4.62. The number of aromatic amines is 1. The fourth-order valence-electron chi connectivity index (χ4n) is 3.53. The highest BCUT2D eigenvalue weighted by molar-refractivity contribution is 7.71. The molecule has 0 fully saturated rings. The second kappa shape index (κ2) is 6.46. The first-order valence-corrected chi connectivity index (χ1v) is 9.93. The van der Waals surface area contributed by atoms with Crippen LogP contribution in [0.15, 0.2) is 23.0 Å². The van der Waals surface area contributed by atoms with Gasteiger partial charge >= 0.3 is 6.18 Å². The fraction of sp³-hybridized carbons (Fsp3) is 0.333. The van der Waals surface area contributed by atoms with Crippen LogP contribution in [0.1, 0.15) is 29.3 Å². The lowest BCUT2D eigenvalue weighted by atomic mass is 9.89. The quantitative estimate of drug-likeness (QED) is 0.487. The van der Waals surface area contributed by atoms with Gasteiger partial charge in [-0.1, -0.05) is 18.5 Å². The maximum atomic E-state index is 13.2. The third kappa shape index (κ3) is 3.13. The maximum absolute atomic E-state index is 13.2. The van der Waals surface area contributed by atoms with Gasteiger partial charge < -0.3 is 4.98 Å². The van der Waals surface area contributed by atoms with Crippen molar-refractivity contribution in [2.24, 2.45) is 5.92 Å². The van der Waals surface area contributed by atoms with Crippen LogP contribution >= 0.6 is 35.2 Å². The van der Waals surface area contributed by atoms with Gasteiger partial charge in [0.25, 0.3) is 5.56 Å². The molecule has 0 aliphatic heterocycles. The molecule has 1 N–H and O–H groups in total. The van der Waals surface area contributed by atoms with E-state index in [4.69, 9.17) is 23.8 Å². The van der Waals surface area contributed by atoms with Crippen LogP contribution in [0, 0.1) is 10.7 Å². The molecule has 0 saturated carbocycles. The average Bonchev–Trinajstić information content (AvgIpc) is 2.92. The molecule has 142 valence electrons. The first-order chi connectivity index (χ1) is 12.7. The van der Waals surface area contributed by atoms with Crippen LogP contribution < -0.4 is 5.56 Å². The summed E-state index contributed by atoms with van der Waals surface area (Å²) < 4.78 is 40.8. The summed E-state index contributed by atoms with van der Waals surface area (Å²) in [5, 5.41) is 0.108. The summed E-state index contributed by atoms with van der Waals surface area (Å²) in [5.41, 5.74) is -0.354. The van der Waals surface area contributed by atoms with Crippen molar-refractivity contribution in [1.29, 1.82) is 0 Å². The zero-order chi connectivity index (χ0) is 19.5. The lowest BCUT2D eigenvalue weighted by Gasteiger charge is -2.17. The Morgan fingerprint density at radius 1 is 1.37 bits per heavy atom. The molecule has 1 atom stereocenters. The number of H-pyrrole nitrogens is 1. The Morgan fingerprint density at radius 3 is 2.81 bits per heavy atom. The number of nitrogens with one attached hydrogen (secondary N) is 1. The molecule has 2 heterocycles. The second-order valence-corrected chi connectivity index (χ2v) is 8.69. The molecule has 1 aliphatic rings. The van der Waals surface area contributed by atoms with Crippen LogP contribution in [0.5, 0.6) is 0 Å². The number of aryl methyl sites for hydroxylation is 1. The highest BCUT2D eigenvalue weighted by Crippen LogP contribution is 2.37. The third-order valence-electron chi connectivity index (χ3n) is 4.87. The fourth-order valence-corrected chi connectivity index (χ4v) is 5.51. The topological polar surface area (TPSA) is 37.8 Å². The van der Waals surface area contributed by atoms with Gasteiger partial charge in [0.2, 0.25) is 0 Å². The number of fused-ring (bicyclic) bond motifs is 3. The number of halogens is 4. The van der Waals surface area contributed by atoms with Crippen molar-refractivity contribution < 1.29 is 13.2 Å². The van der Waals surface area contributed by atoms with Crippen LogP contribution in [0.3, 0.4) is 0 Å². The van der Waals surface area contributed by atoms with Gasteiger partial charge in [0, 0.05) is 4.88 Å². The number of hydrogen-bond donors (Lipinski definition) is 1. The predicted octanol–water partition coefficient (Wildman–Crippen LogP) is 5.91. The number of nitrogens with zero attached hydrogens (tertiary/aromatic N) is 1. The number of aromatic nitrogens is 2. The average molecular weight is 431 g/mol. The van der Waals surface area contributed by atoms with Crippen molar-refractivity contribution in [3.63, 3.8) is 0 Å². The van der Waals surface area contributed by atoms with Gasteiger partial charge in [-0.15, -0.1) is 11.3 Å². The lowest BCUT2D eigenvalue weighted by Crippen LogP contribution is -2.22. The van der Waals surface area contributed by atoms with E-state index in [-0.39, 0.29) is 10.5 Å². The molecule has 2 aromatic heterocycles. The molecule has 0 bridgehead atoms.